The van der Waals surface area contributed by atoms with Crippen molar-refractivity contribution in [3.63, 3.8) is 0 Å². The van der Waals surface area contributed by atoms with E-state index in [1.54, 1.807) is 0 Å². The Bertz CT molecular complexity index is 775. The van der Waals surface area contributed by atoms with Crippen LogP contribution in [0.4, 0.5) is 0 Å². The van der Waals surface area contributed by atoms with E-state index in [1.807, 2.05) is 0 Å². The monoisotopic (exact) mass is 727 g/mol. The van der Waals surface area contributed by atoms with Crippen molar-refractivity contribution in [3.8, 4) is 0 Å². The first kappa shape index (κ1) is 47.2. The zero-order valence-corrected chi connectivity index (χ0v) is 35.8. The molecule has 2 aliphatic rings. The van der Waals surface area contributed by atoms with Crippen LogP contribution in [0.5, 0.6) is 0 Å². The van der Waals surface area contributed by atoms with Gasteiger partial charge >= 0.3 is 0 Å². The molecule has 0 N–H and O–H groups in total. The molecular weight excluding hydrogens is 633 g/mol. The Morgan fingerprint density at radius 3 is 0.904 bits per heavy atom. The lowest BCUT2D eigenvalue weighted by atomic mass is 10.0. The number of unbranched alkanes of at least 4 members (excludes halogenated alkanes) is 22. The van der Waals surface area contributed by atoms with Gasteiger partial charge in [-0.1, -0.05) is 168 Å². The molecule has 0 saturated carbocycles. The molecule has 2 heterocycles. The maximum Gasteiger partial charge on any atom is 0.116 e. The minimum Gasteiger partial charge on any atom is -0.237 e. The van der Waals surface area contributed by atoms with Crippen molar-refractivity contribution >= 4 is 0 Å². The van der Waals surface area contributed by atoms with Crippen LogP contribution in [0.15, 0.2) is 37.5 Å². The highest BCUT2D eigenvalue weighted by atomic mass is 15.8. The highest BCUT2D eigenvalue weighted by Crippen LogP contribution is 2.25. The lowest BCUT2D eigenvalue weighted by molar-refractivity contribution is -1.03. The molecule has 0 aromatic rings. The van der Waals surface area contributed by atoms with Crippen LogP contribution in [-0.4, -0.2) is 84.6 Å². The van der Waals surface area contributed by atoms with Gasteiger partial charge in [-0.3, -0.25) is 0 Å². The molecule has 2 rings (SSSR count). The molecule has 52 heavy (non-hydrogen) atoms. The van der Waals surface area contributed by atoms with Crippen LogP contribution in [0, 0.1) is 0 Å². The van der Waals surface area contributed by atoms with Gasteiger partial charge in [-0.25, -0.2) is 9.18 Å². The molecule has 0 aromatic heterocycles. The summed E-state index contributed by atoms with van der Waals surface area (Å²) in [4.78, 5) is 0. The first-order valence-corrected chi connectivity index (χ1v) is 23.8. The first-order chi connectivity index (χ1) is 25.7. The van der Waals surface area contributed by atoms with E-state index in [1.165, 1.54) is 232 Å². The van der Waals surface area contributed by atoms with E-state index in [-0.39, 0.29) is 0 Å². The Morgan fingerprint density at radius 2 is 0.635 bits per heavy atom. The molecule has 2 unspecified atom stereocenters. The van der Waals surface area contributed by atoms with Gasteiger partial charge in [-0.05, 0) is 75.7 Å². The van der Waals surface area contributed by atoms with E-state index in [4.69, 9.17) is 0 Å². The Balaban J connectivity index is 1.92. The summed E-state index contributed by atoms with van der Waals surface area (Å²) in [5.41, 5.74) is 0. The van der Waals surface area contributed by atoms with Gasteiger partial charge in [-0.15, -0.1) is 0 Å². The lowest BCUT2D eigenvalue weighted by Crippen LogP contribution is -2.63. The predicted molar refractivity (Wildman–Crippen MR) is 232 cm³/mol. The molecule has 4 heteroatoms. The van der Waals surface area contributed by atoms with Gasteiger partial charge in [0, 0.05) is 26.2 Å². The van der Waals surface area contributed by atoms with Crippen molar-refractivity contribution in [3.05, 3.63) is 37.5 Å². The third kappa shape index (κ3) is 20.7. The van der Waals surface area contributed by atoms with Crippen molar-refractivity contribution < 1.29 is 9.18 Å². The second kappa shape index (κ2) is 32.3. The summed E-state index contributed by atoms with van der Waals surface area (Å²) in [7, 11) is 0. The number of nitrogens with zero attached hydrogens (tertiary/aromatic N) is 4. The van der Waals surface area contributed by atoms with Crippen molar-refractivity contribution in [1.82, 2.24) is 10.0 Å². The van der Waals surface area contributed by atoms with E-state index in [2.05, 4.69) is 61.3 Å². The van der Waals surface area contributed by atoms with Crippen LogP contribution in [0.25, 0.3) is 0 Å². The summed E-state index contributed by atoms with van der Waals surface area (Å²) in [6, 6.07) is 0. The van der Waals surface area contributed by atoms with Gasteiger partial charge in [0.2, 0.25) is 0 Å². The number of hydrogen-bond acceptors (Lipinski definition) is 2. The number of rotatable bonds is 36. The van der Waals surface area contributed by atoms with Crippen molar-refractivity contribution in [2.45, 2.75) is 206 Å². The molecule has 2 fully saturated rings. The van der Waals surface area contributed by atoms with Crippen molar-refractivity contribution in [2.75, 3.05) is 65.4 Å². The summed E-state index contributed by atoms with van der Waals surface area (Å²) in [6.07, 6.45) is 52.0. The zero-order valence-electron chi connectivity index (χ0n) is 35.8. The Labute approximate surface area is 327 Å². The van der Waals surface area contributed by atoms with Gasteiger partial charge in [0.05, 0.1) is 13.1 Å². The summed E-state index contributed by atoms with van der Waals surface area (Å²) in [5.74, 6) is 0. The molecule has 0 aromatic carbocycles. The van der Waals surface area contributed by atoms with E-state index >= 15 is 0 Å². The SMILES string of the molecule is C=CC[N+](CC=CC[N+](CC=C)(CCCCCCCCCCCCCC)N1CCCCC1)(CCCCCCCCCCCCCC)N1CCCCC1. The zero-order chi connectivity index (χ0) is 37.3. The van der Waals surface area contributed by atoms with Gasteiger partial charge in [0.25, 0.3) is 0 Å². The molecule has 2 atom stereocenters. The van der Waals surface area contributed by atoms with E-state index in [9.17, 15) is 0 Å². The number of hydrogen-bond donors (Lipinski definition) is 0. The van der Waals surface area contributed by atoms with E-state index in [0.717, 1.165) is 35.4 Å². The molecular formula is C48H94N4+2. The normalized spacial score (nSPS) is 18.4. The number of piperidine rings is 2. The second-order valence-corrected chi connectivity index (χ2v) is 17.2. The van der Waals surface area contributed by atoms with Gasteiger partial charge in [0.1, 0.15) is 26.2 Å². The quantitative estimate of drug-likeness (QED) is 0.0360. The Hall–Kier alpha value is -0.940. The van der Waals surface area contributed by atoms with E-state index < -0.39 is 0 Å². The first-order valence-electron chi connectivity index (χ1n) is 23.8. The number of quaternary nitrogens is 2. The molecule has 0 amide bonds. The summed E-state index contributed by atoms with van der Waals surface area (Å²) in [6.45, 7) is 25.2. The molecule has 4 nitrogen and oxygen atoms in total. The van der Waals surface area contributed by atoms with Crippen molar-refractivity contribution in [2.24, 2.45) is 0 Å². The van der Waals surface area contributed by atoms with Crippen LogP contribution in [0.1, 0.15) is 206 Å². The lowest BCUT2D eigenvalue weighted by Gasteiger charge is -2.47. The minimum atomic E-state index is 1.07. The fraction of sp³-hybridized carbons (Fsp3) is 0.875. The molecule has 2 aliphatic heterocycles. The molecule has 0 bridgehead atoms. The summed E-state index contributed by atoms with van der Waals surface area (Å²) < 4.78 is 2.20. The van der Waals surface area contributed by atoms with Crippen LogP contribution >= 0.6 is 0 Å². The minimum absolute atomic E-state index is 1.07. The topological polar surface area (TPSA) is 6.48 Å². The summed E-state index contributed by atoms with van der Waals surface area (Å²) in [5, 5.41) is 5.69. The third-order valence-corrected chi connectivity index (χ3v) is 12.7. The highest BCUT2D eigenvalue weighted by Gasteiger charge is 2.36. The van der Waals surface area contributed by atoms with Crippen LogP contribution in [0.3, 0.4) is 0 Å². The smallest absolute Gasteiger partial charge is 0.116 e. The van der Waals surface area contributed by atoms with Gasteiger partial charge < -0.3 is 0 Å². The predicted octanol–water partition coefficient (Wildman–Crippen LogP) is 13.8. The fourth-order valence-corrected chi connectivity index (χ4v) is 9.38. The maximum absolute atomic E-state index is 4.30. The van der Waals surface area contributed by atoms with E-state index in [0.29, 0.717) is 0 Å². The van der Waals surface area contributed by atoms with Gasteiger partial charge in [-0.2, -0.15) is 10.0 Å². The average Bonchev–Trinajstić information content (AvgIpc) is 3.18. The second-order valence-electron chi connectivity index (χ2n) is 17.2. The fourth-order valence-electron chi connectivity index (χ4n) is 9.38. The standard InChI is InChI=1S/C48H94N4/c1-5-9-11-13-15-17-19-21-23-25-27-35-45-51(43-7-3,49-39-31-29-32-40-49)47-37-38-48-52(44-8-4,50-41-33-30-34-42-50)46-36-28-26-24-22-20-18-16-14-12-10-6-2/h7-8,37-38H,3-6,9-36,39-48H2,1-2H3/q+2. The van der Waals surface area contributed by atoms with Gasteiger partial charge in [0.15, 0.2) is 0 Å². The van der Waals surface area contributed by atoms with Crippen LogP contribution in [-0.2, 0) is 0 Å². The highest BCUT2D eigenvalue weighted by molar-refractivity contribution is 4.84. The average molecular weight is 727 g/mol. The maximum atomic E-state index is 4.30. The molecule has 0 aliphatic carbocycles. The molecule has 0 radical (unpaired) electrons. The Kier molecular flexibility index (Phi) is 29.3. The van der Waals surface area contributed by atoms with Crippen molar-refractivity contribution in [1.29, 1.82) is 0 Å². The summed E-state index contributed by atoms with van der Waals surface area (Å²) >= 11 is 0. The largest absolute Gasteiger partial charge is 0.237 e. The molecule has 2 saturated heterocycles. The molecule has 304 valence electrons. The van der Waals surface area contributed by atoms with Crippen LogP contribution < -0.4 is 0 Å². The Morgan fingerprint density at radius 1 is 0.365 bits per heavy atom. The van der Waals surface area contributed by atoms with Crippen LogP contribution in [0.2, 0.25) is 0 Å². The third-order valence-electron chi connectivity index (χ3n) is 12.7. The molecule has 0 spiro atoms.